The molecule has 0 spiro atoms. The van der Waals surface area contributed by atoms with Crippen molar-refractivity contribution in [2.45, 2.75) is 43.8 Å². The number of rotatable bonds is 5. The molecule has 1 unspecified atom stereocenters. The van der Waals surface area contributed by atoms with Gasteiger partial charge in [-0.05, 0) is 12.1 Å². The smallest absolute Gasteiger partial charge is 0.254 e. The lowest BCUT2D eigenvalue weighted by atomic mass is 9.92. The van der Waals surface area contributed by atoms with Crippen LogP contribution in [-0.4, -0.2) is 35.4 Å². The largest absolute Gasteiger partial charge is 0.497 e. The van der Waals surface area contributed by atoms with Crippen LogP contribution < -0.4 is 20.3 Å². The quantitative estimate of drug-likeness (QED) is 0.772. The fourth-order valence-electron chi connectivity index (χ4n) is 3.00. The van der Waals surface area contributed by atoms with E-state index in [1.54, 1.807) is 35.9 Å². The first-order valence-electron chi connectivity index (χ1n) is 9.01. The van der Waals surface area contributed by atoms with E-state index < -0.39 is 0 Å². The summed E-state index contributed by atoms with van der Waals surface area (Å²) in [6, 6.07) is 6.54. The molecule has 0 aliphatic carbocycles. The maximum atomic E-state index is 12.6. The third-order valence-corrected chi connectivity index (χ3v) is 5.66. The number of hydrogen-bond donors (Lipinski definition) is 1. The van der Waals surface area contributed by atoms with Gasteiger partial charge in [-0.25, -0.2) is 4.98 Å². The zero-order chi connectivity index (χ0) is 20.5. The minimum Gasteiger partial charge on any atom is -0.497 e. The molecule has 28 heavy (non-hydrogen) atoms. The molecule has 7 nitrogen and oxygen atoms in total. The fraction of sp³-hybridized carbons (Fsp3) is 0.450. The lowest BCUT2D eigenvalue weighted by Crippen LogP contribution is -2.29. The van der Waals surface area contributed by atoms with Crippen molar-refractivity contribution in [2.75, 3.05) is 25.3 Å². The van der Waals surface area contributed by atoms with E-state index in [1.807, 2.05) is 20.8 Å². The molecule has 0 saturated heterocycles. The van der Waals surface area contributed by atoms with Gasteiger partial charge in [0.05, 0.1) is 31.6 Å². The van der Waals surface area contributed by atoms with Gasteiger partial charge in [0, 0.05) is 29.7 Å². The van der Waals surface area contributed by atoms with Gasteiger partial charge >= 0.3 is 0 Å². The van der Waals surface area contributed by atoms with Crippen molar-refractivity contribution in [3.05, 3.63) is 40.3 Å². The van der Waals surface area contributed by atoms with Gasteiger partial charge in [-0.2, -0.15) is 0 Å². The zero-order valence-electron chi connectivity index (χ0n) is 16.7. The van der Waals surface area contributed by atoms with Gasteiger partial charge < -0.3 is 14.8 Å². The molecular weight excluding hydrogens is 378 g/mol. The molecular formula is C20H25N3O4S. The number of hydrogen-bond acceptors (Lipinski definition) is 6. The average molecular weight is 404 g/mol. The van der Waals surface area contributed by atoms with Crippen molar-refractivity contribution < 1.29 is 14.3 Å². The molecule has 1 atom stereocenters. The van der Waals surface area contributed by atoms with Crippen LogP contribution in [0.3, 0.4) is 0 Å². The Morgan fingerprint density at radius 2 is 2.04 bits per heavy atom. The van der Waals surface area contributed by atoms with Crippen LogP contribution in [0.1, 0.15) is 38.9 Å². The van der Waals surface area contributed by atoms with Gasteiger partial charge in [-0.15, -0.1) is 0 Å². The summed E-state index contributed by atoms with van der Waals surface area (Å²) < 4.78 is 12.1. The highest BCUT2D eigenvalue weighted by atomic mass is 32.2. The Hall–Kier alpha value is -2.48. The number of nitrogens with zero attached hydrogens (tertiary/aromatic N) is 2. The van der Waals surface area contributed by atoms with Gasteiger partial charge in [-0.1, -0.05) is 32.5 Å². The van der Waals surface area contributed by atoms with Crippen molar-refractivity contribution >= 4 is 23.4 Å². The van der Waals surface area contributed by atoms with E-state index in [4.69, 9.17) is 9.47 Å². The van der Waals surface area contributed by atoms with Crippen LogP contribution in [0.4, 0.5) is 5.69 Å². The molecule has 1 aromatic heterocycles. The third kappa shape index (κ3) is 4.16. The molecule has 2 aromatic rings. The molecule has 1 amide bonds. The van der Waals surface area contributed by atoms with E-state index in [9.17, 15) is 9.59 Å². The first-order valence-corrected chi connectivity index (χ1v) is 10.00. The van der Waals surface area contributed by atoms with Gasteiger partial charge in [0.25, 0.3) is 5.56 Å². The maximum Gasteiger partial charge on any atom is 0.254 e. The van der Waals surface area contributed by atoms with Crippen molar-refractivity contribution in [3.63, 3.8) is 0 Å². The minimum absolute atomic E-state index is 0.111. The number of fused-ring (bicyclic) bond motifs is 1. The standard InChI is InChI=1S/C20H25N3O4S/c1-20(2,3)16-10-18(25)23-12(11-28-19(23)22-16)8-17(24)21-14-7-6-13(26-4)9-15(14)27-5/h6-7,9-10,12H,8,11H2,1-5H3,(H,21,24). The summed E-state index contributed by atoms with van der Waals surface area (Å²) in [6.07, 6.45) is 0.186. The van der Waals surface area contributed by atoms with Crippen molar-refractivity contribution in [3.8, 4) is 11.5 Å². The number of ether oxygens (including phenoxy) is 2. The summed E-state index contributed by atoms with van der Waals surface area (Å²) in [5, 5.41) is 3.54. The highest BCUT2D eigenvalue weighted by molar-refractivity contribution is 7.99. The second-order valence-electron chi connectivity index (χ2n) is 7.67. The lowest BCUT2D eigenvalue weighted by Gasteiger charge is -2.19. The van der Waals surface area contributed by atoms with E-state index in [2.05, 4.69) is 10.3 Å². The summed E-state index contributed by atoms with van der Waals surface area (Å²) in [7, 11) is 3.10. The second-order valence-corrected chi connectivity index (χ2v) is 8.65. The summed E-state index contributed by atoms with van der Waals surface area (Å²) >= 11 is 1.51. The fourth-order valence-corrected chi connectivity index (χ4v) is 4.15. The number of carbonyl (C=O) groups is 1. The molecule has 150 valence electrons. The third-order valence-electron chi connectivity index (χ3n) is 4.56. The molecule has 8 heteroatoms. The summed E-state index contributed by atoms with van der Waals surface area (Å²) in [4.78, 5) is 29.9. The Morgan fingerprint density at radius 3 is 2.68 bits per heavy atom. The predicted molar refractivity (Wildman–Crippen MR) is 110 cm³/mol. The lowest BCUT2D eigenvalue weighted by molar-refractivity contribution is -0.116. The molecule has 0 fully saturated rings. The van der Waals surface area contributed by atoms with Gasteiger partial charge in [0.2, 0.25) is 5.91 Å². The topological polar surface area (TPSA) is 82.5 Å². The number of thioether (sulfide) groups is 1. The highest BCUT2D eigenvalue weighted by Crippen LogP contribution is 2.34. The predicted octanol–water partition coefficient (Wildman–Crippen LogP) is 3.23. The monoisotopic (exact) mass is 403 g/mol. The molecule has 0 radical (unpaired) electrons. The molecule has 0 saturated carbocycles. The molecule has 2 heterocycles. The van der Waals surface area contributed by atoms with E-state index in [0.717, 1.165) is 5.69 Å². The number of aromatic nitrogens is 2. The number of anilines is 1. The Morgan fingerprint density at radius 1 is 1.29 bits per heavy atom. The van der Waals surface area contributed by atoms with Crippen LogP contribution in [0.25, 0.3) is 0 Å². The van der Waals surface area contributed by atoms with E-state index in [-0.39, 0.29) is 29.3 Å². The first kappa shape index (κ1) is 20.3. The Balaban J connectivity index is 1.77. The summed E-state index contributed by atoms with van der Waals surface area (Å²) in [5.74, 6) is 1.61. The van der Waals surface area contributed by atoms with Crippen LogP contribution in [0.2, 0.25) is 0 Å². The van der Waals surface area contributed by atoms with Gasteiger partial charge in [0.1, 0.15) is 11.5 Å². The number of amides is 1. The normalized spacial score (nSPS) is 15.8. The van der Waals surface area contributed by atoms with Crippen LogP contribution in [0.15, 0.2) is 34.2 Å². The van der Waals surface area contributed by atoms with E-state index >= 15 is 0 Å². The van der Waals surface area contributed by atoms with Crippen LogP contribution >= 0.6 is 11.8 Å². The number of benzene rings is 1. The summed E-state index contributed by atoms with van der Waals surface area (Å²) in [5.41, 5.74) is 1.02. The van der Waals surface area contributed by atoms with Crippen molar-refractivity contribution in [1.82, 2.24) is 9.55 Å². The molecule has 1 aliphatic rings. The SMILES string of the molecule is COc1ccc(NC(=O)CC2CSc3nc(C(C)(C)C)cc(=O)n32)c(OC)c1. The molecule has 1 aromatic carbocycles. The van der Waals surface area contributed by atoms with Crippen LogP contribution in [0.5, 0.6) is 11.5 Å². The first-order chi connectivity index (χ1) is 13.2. The van der Waals surface area contributed by atoms with Gasteiger partial charge in [0.15, 0.2) is 5.16 Å². The van der Waals surface area contributed by atoms with E-state index in [1.165, 1.54) is 18.9 Å². The van der Waals surface area contributed by atoms with Crippen LogP contribution in [0, 0.1) is 0 Å². The molecule has 1 aliphatic heterocycles. The number of nitrogens with one attached hydrogen (secondary N) is 1. The average Bonchev–Trinajstić information content (AvgIpc) is 3.04. The van der Waals surface area contributed by atoms with Crippen molar-refractivity contribution in [1.29, 1.82) is 0 Å². The van der Waals surface area contributed by atoms with Gasteiger partial charge in [-0.3, -0.25) is 14.2 Å². The Bertz CT molecular complexity index is 949. The Labute approximate surface area is 168 Å². The number of carbonyl (C=O) groups excluding carboxylic acids is 1. The number of methoxy groups -OCH3 is 2. The van der Waals surface area contributed by atoms with Crippen molar-refractivity contribution in [2.24, 2.45) is 0 Å². The highest BCUT2D eigenvalue weighted by Gasteiger charge is 2.29. The molecule has 0 bridgehead atoms. The summed E-state index contributed by atoms with van der Waals surface area (Å²) in [6.45, 7) is 6.08. The molecule has 3 rings (SSSR count). The Kier molecular flexibility index (Phi) is 5.69. The minimum atomic E-state index is -0.224. The second kappa shape index (κ2) is 7.87. The maximum absolute atomic E-state index is 12.6. The zero-order valence-corrected chi connectivity index (χ0v) is 17.6. The molecule has 1 N–H and O–H groups in total. The van der Waals surface area contributed by atoms with Crippen LogP contribution in [-0.2, 0) is 10.2 Å². The van der Waals surface area contributed by atoms with E-state index in [0.29, 0.717) is 28.1 Å².